The number of carbonyl (C=O) groups excluding carboxylic acids is 1. The van der Waals surface area contributed by atoms with Crippen molar-refractivity contribution in [3.63, 3.8) is 0 Å². The van der Waals surface area contributed by atoms with Crippen molar-refractivity contribution >= 4 is 5.91 Å². The second kappa shape index (κ2) is 5.95. The number of carbonyl (C=O) groups is 1. The summed E-state index contributed by atoms with van der Waals surface area (Å²) in [4.78, 5) is 17.7. The third-order valence-electron chi connectivity index (χ3n) is 4.12. The van der Waals surface area contributed by atoms with Crippen LogP contribution in [0.2, 0.25) is 0 Å². The van der Waals surface area contributed by atoms with Crippen molar-refractivity contribution < 1.29 is 22.5 Å². The second-order valence-electron chi connectivity index (χ2n) is 6.02. The molecule has 0 radical (unpaired) electrons. The number of imidazole rings is 1. The Labute approximate surface area is 136 Å². The SMILES string of the molecule is Cc1cc(C(=O)N2CCC[C@H](c3nc(C(F)(F)F)cn3C)C2)on1. The van der Waals surface area contributed by atoms with Crippen LogP contribution in [0.25, 0.3) is 0 Å². The average Bonchev–Trinajstić information content (AvgIpc) is 3.12. The predicted molar refractivity (Wildman–Crippen MR) is 77.3 cm³/mol. The highest BCUT2D eigenvalue weighted by Gasteiger charge is 2.36. The van der Waals surface area contributed by atoms with Gasteiger partial charge in [0.25, 0.3) is 5.91 Å². The van der Waals surface area contributed by atoms with Crippen molar-refractivity contribution in [3.05, 3.63) is 35.2 Å². The Hall–Kier alpha value is -2.32. The van der Waals surface area contributed by atoms with Crippen LogP contribution in [0.4, 0.5) is 13.2 Å². The maximum atomic E-state index is 12.8. The van der Waals surface area contributed by atoms with Gasteiger partial charge in [-0.15, -0.1) is 0 Å². The highest BCUT2D eigenvalue weighted by molar-refractivity contribution is 5.91. The number of hydrogen-bond donors (Lipinski definition) is 0. The molecule has 2 aromatic rings. The van der Waals surface area contributed by atoms with E-state index in [-0.39, 0.29) is 17.6 Å². The zero-order valence-electron chi connectivity index (χ0n) is 13.3. The summed E-state index contributed by atoms with van der Waals surface area (Å²) in [5, 5.41) is 3.69. The van der Waals surface area contributed by atoms with Crippen molar-refractivity contribution in [1.82, 2.24) is 19.6 Å². The maximum absolute atomic E-state index is 12.8. The molecule has 6 nitrogen and oxygen atoms in total. The van der Waals surface area contributed by atoms with Crippen molar-refractivity contribution in [1.29, 1.82) is 0 Å². The lowest BCUT2D eigenvalue weighted by molar-refractivity contribution is -0.141. The Balaban J connectivity index is 1.79. The second-order valence-corrected chi connectivity index (χ2v) is 6.02. The Morgan fingerprint density at radius 1 is 1.42 bits per heavy atom. The van der Waals surface area contributed by atoms with E-state index in [2.05, 4.69) is 10.1 Å². The van der Waals surface area contributed by atoms with Crippen LogP contribution in [-0.4, -0.2) is 38.6 Å². The quantitative estimate of drug-likeness (QED) is 0.842. The summed E-state index contributed by atoms with van der Waals surface area (Å²) in [6.45, 7) is 2.55. The normalized spacial score (nSPS) is 18.9. The fraction of sp³-hybridized carbons (Fsp3) is 0.533. The van der Waals surface area contributed by atoms with E-state index in [1.165, 1.54) is 11.6 Å². The monoisotopic (exact) mass is 342 g/mol. The molecule has 0 spiro atoms. The number of nitrogens with zero attached hydrogens (tertiary/aromatic N) is 4. The first kappa shape index (κ1) is 16.5. The molecule has 1 saturated heterocycles. The van der Waals surface area contributed by atoms with Gasteiger partial charge in [0.05, 0.1) is 5.69 Å². The minimum Gasteiger partial charge on any atom is -0.351 e. The molecule has 1 amide bonds. The molecule has 0 saturated carbocycles. The minimum atomic E-state index is -4.47. The van der Waals surface area contributed by atoms with Gasteiger partial charge in [-0.25, -0.2) is 4.98 Å². The van der Waals surface area contributed by atoms with Gasteiger partial charge in [0.15, 0.2) is 5.69 Å². The minimum absolute atomic E-state index is 0.143. The molecule has 0 aromatic carbocycles. The molecule has 2 aromatic heterocycles. The zero-order chi connectivity index (χ0) is 17.5. The lowest BCUT2D eigenvalue weighted by atomic mass is 9.97. The van der Waals surface area contributed by atoms with E-state index in [1.54, 1.807) is 17.9 Å². The molecule has 24 heavy (non-hydrogen) atoms. The standard InChI is InChI=1S/C15H17F3N4O2/c1-9-6-11(24-20-9)14(23)22-5-3-4-10(7-22)13-19-12(8-21(13)2)15(16,17)18/h6,8,10H,3-5,7H2,1-2H3/t10-/m0/s1. The van der Waals surface area contributed by atoms with E-state index in [9.17, 15) is 18.0 Å². The van der Waals surface area contributed by atoms with Crippen molar-refractivity contribution in [2.24, 2.45) is 7.05 Å². The first-order valence-corrected chi connectivity index (χ1v) is 7.58. The molecule has 0 aliphatic carbocycles. The molecule has 1 aliphatic heterocycles. The van der Waals surface area contributed by atoms with Gasteiger partial charge in [0, 0.05) is 38.3 Å². The lowest BCUT2D eigenvalue weighted by Gasteiger charge is -2.31. The summed E-state index contributed by atoms with van der Waals surface area (Å²) in [7, 11) is 1.54. The Kier molecular flexibility index (Phi) is 4.10. The fourth-order valence-electron chi connectivity index (χ4n) is 2.99. The Morgan fingerprint density at radius 3 is 2.75 bits per heavy atom. The maximum Gasteiger partial charge on any atom is 0.434 e. The summed E-state index contributed by atoms with van der Waals surface area (Å²) in [5.41, 5.74) is -0.305. The third-order valence-corrected chi connectivity index (χ3v) is 4.12. The largest absolute Gasteiger partial charge is 0.434 e. The summed E-state index contributed by atoms with van der Waals surface area (Å²) < 4.78 is 44.8. The summed E-state index contributed by atoms with van der Waals surface area (Å²) in [6.07, 6.45) is -2.12. The lowest BCUT2D eigenvalue weighted by Crippen LogP contribution is -2.39. The Bertz CT molecular complexity index is 750. The van der Waals surface area contributed by atoms with Crippen LogP contribution in [0.15, 0.2) is 16.8 Å². The zero-order valence-corrected chi connectivity index (χ0v) is 13.3. The van der Waals surface area contributed by atoms with Crippen LogP contribution in [0, 0.1) is 6.92 Å². The number of halogens is 3. The van der Waals surface area contributed by atoms with E-state index in [0.29, 0.717) is 37.4 Å². The van der Waals surface area contributed by atoms with Gasteiger partial charge in [0.1, 0.15) is 5.82 Å². The van der Waals surface area contributed by atoms with E-state index in [0.717, 1.165) is 6.20 Å². The number of likely N-dealkylation sites (tertiary alicyclic amines) is 1. The molecule has 3 heterocycles. The van der Waals surface area contributed by atoms with Crippen molar-refractivity contribution in [2.45, 2.75) is 31.9 Å². The molecule has 0 unspecified atom stereocenters. The smallest absolute Gasteiger partial charge is 0.351 e. The van der Waals surface area contributed by atoms with E-state index in [4.69, 9.17) is 4.52 Å². The number of alkyl halides is 3. The van der Waals surface area contributed by atoms with E-state index >= 15 is 0 Å². The molecule has 1 atom stereocenters. The van der Waals surface area contributed by atoms with Crippen LogP contribution < -0.4 is 0 Å². The molecule has 0 bridgehead atoms. The number of aromatic nitrogens is 3. The number of rotatable bonds is 2. The van der Waals surface area contributed by atoms with Gasteiger partial charge < -0.3 is 14.0 Å². The topological polar surface area (TPSA) is 64.2 Å². The highest BCUT2D eigenvalue weighted by Crippen LogP contribution is 2.32. The van der Waals surface area contributed by atoms with Gasteiger partial charge in [-0.05, 0) is 19.8 Å². The van der Waals surface area contributed by atoms with Crippen LogP contribution in [0.3, 0.4) is 0 Å². The van der Waals surface area contributed by atoms with Gasteiger partial charge >= 0.3 is 6.18 Å². The van der Waals surface area contributed by atoms with E-state index < -0.39 is 11.9 Å². The van der Waals surface area contributed by atoms with Gasteiger partial charge in [-0.2, -0.15) is 13.2 Å². The average molecular weight is 342 g/mol. The van der Waals surface area contributed by atoms with Gasteiger partial charge in [-0.3, -0.25) is 4.79 Å². The molecular weight excluding hydrogens is 325 g/mol. The number of aryl methyl sites for hydroxylation is 2. The Morgan fingerprint density at radius 2 is 2.17 bits per heavy atom. The predicted octanol–water partition coefficient (Wildman–Crippen LogP) is 2.76. The van der Waals surface area contributed by atoms with Crippen molar-refractivity contribution in [2.75, 3.05) is 13.1 Å². The molecule has 1 fully saturated rings. The summed E-state index contributed by atoms with van der Waals surface area (Å²) in [6, 6.07) is 1.55. The molecule has 1 aliphatic rings. The van der Waals surface area contributed by atoms with E-state index in [1.807, 2.05) is 0 Å². The molecule has 130 valence electrons. The summed E-state index contributed by atoms with van der Waals surface area (Å²) in [5.74, 6) is -0.0593. The van der Waals surface area contributed by atoms with Crippen LogP contribution in [-0.2, 0) is 13.2 Å². The molecular formula is C15H17F3N4O2. The van der Waals surface area contributed by atoms with Gasteiger partial charge in [-0.1, -0.05) is 5.16 Å². The third kappa shape index (κ3) is 3.15. The van der Waals surface area contributed by atoms with Gasteiger partial charge in [0.2, 0.25) is 5.76 Å². The molecule has 0 N–H and O–H groups in total. The number of amides is 1. The molecule has 3 rings (SSSR count). The molecule has 9 heteroatoms. The van der Waals surface area contributed by atoms with Crippen LogP contribution >= 0.6 is 0 Å². The fourth-order valence-corrected chi connectivity index (χ4v) is 2.99. The first-order chi connectivity index (χ1) is 11.3. The number of hydrogen-bond acceptors (Lipinski definition) is 4. The first-order valence-electron chi connectivity index (χ1n) is 7.58. The van der Waals surface area contributed by atoms with Crippen LogP contribution in [0.1, 0.15) is 46.5 Å². The number of piperidine rings is 1. The summed E-state index contributed by atoms with van der Waals surface area (Å²) >= 11 is 0. The highest BCUT2D eigenvalue weighted by atomic mass is 19.4. The van der Waals surface area contributed by atoms with Crippen molar-refractivity contribution in [3.8, 4) is 0 Å². The van der Waals surface area contributed by atoms with Crippen LogP contribution in [0.5, 0.6) is 0 Å².